The molecule has 0 aromatic rings. The third kappa shape index (κ3) is 2.98. The summed E-state index contributed by atoms with van der Waals surface area (Å²) in [6.07, 6.45) is 5.33. The van der Waals surface area contributed by atoms with Crippen molar-refractivity contribution in [2.75, 3.05) is 0 Å². The van der Waals surface area contributed by atoms with Gasteiger partial charge < -0.3 is 0 Å². The van der Waals surface area contributed by atoms with Gasteiger partial charge in [0.05, 0.1) is 15.2 Å². The molecular weight excluding hydrogens is 473 g/mol. The van der Waals surface area contributed by atoms with Gasteiger partial charge in [0, 0.05) is 0 Å². The van der Waals surface area contributed by atoms with E-state index in [-0.39, 0.29) is 0 Å². The van der Waals surface area contributed by atoms with E-state index in [1.165, 1.54) is 25.7 Å². The van der Waals surface area contributed by atoms with Crippen molar-refractivity contribution in [3.8, 4) is 0 Å². The van der Waals surface area contributed by atoms with Crippen molar-refractivity contribution in [3.63, 3.8) is 0 Å². The lowest BCUT2D eigenvalue weighted by Gasteiger charge is -2.84. The Morgan fingerprint density at radius 1 is 0.412 bits per heavy atom. The van der Waals surface area contributed by atoms with Gasteiger partial charge in [-0.15, -0.1) is 0 Å². The fourth-order valence-corrected chi connectivity index (χ4v) is 117. The summed E-state index contributed by atoms with van der Waals surface area (Å²) in [5.74, 6) is 0. The zero-order valence-electron chi connectivity index (χ0n) is 26.8. The second kappa shape index (κ2) is 8.43. The predicted octanol–water partition coefficient (Wildman–Crippen LogP) is 10.9. The van der Waals surface area contributed by atoms with Gasteiger partial charge in [-0.25, -0.2) is 0 Å². The zero-order valence-corrected chi connectivity index (χ0v) is 30.8. The lowest BCUT2D eigenvalue weighted by Crippen LogP contribution is -3.01. The molecule has 0 saturated heterocycles. The summed E-state index contributed by atoms with van der Waals surface area (Å²) in [7, 11) is -7.10. The van der Waals surface area contributed by atoms with E-state index in [2.05, 4.69) is 145 Å². The average Bonchev–Trinajstić information content (AvgIpc) is 2.63. The summed E-state index contributed by atoms with van der Waals surface area (Å²) >= 11 is 0. The van der Waals surface area contributed by atoms with E-state index >= 15 is 0 Å². The first-order valence-corrected chi connectivity index (χ1v) is 26.5. The third-order valence-electron chi connectivity index (χ3n) is 12.0. The molecule has 0 saturated carbocycles. The molecule has 0 fully saturated rings. The summed E-state index contributed by atoms with van der Waals surface area (Å²) in [5, 5.41) is 10.1. The molecule has 0 aromatic carbocycles. The maximum Gasteiger partial charge on any atom is 0.101 e. The summed E-state index contributed by atoms with van der Waals surface area (Å²) in [4.78, 5) is 0. The maximum atomic E-state index is 2.95. The summed E-state index contributed by atoms with van der Waals surface area (Å²) < 4.78 is 0. The van der Waals surface area contributed by atoms with Gasteiger partial charge in [0.2, 0.25) is 0 Å². The van der Waals surface area contributed by atoms with Crippen molar-refractivity contribution in [1.29, 1.82) is 0 Å². The molecule has 0 aromatic heterocycles. The van der Waals surface area contributed by atoms with E-state index in [0.717, 1.165) is 0 Å². The quantitative estimate of drug-likeness (QED) is 0.297. The molecule has 2 aliphatic heterocycles. The predicted molar refractivity (Wildman–Crippen MR) is 169 cm³/mol. The molecule has 4 heteroatoms. The highest BCUT2D eigenvalue weighted by atomic mass is 29.8. The van der Waals surface area contributed by atoms with Crippen molar-refractivity contribution < 1.29 is 0 Å². The zero-order chi connectivity index (χ0) is 27.1. The lowest BCUT2D eigenvalue weighted by molar-refractivity contribution is 0.628. The molecule has 0 aliphatic carbocycles. The van der Waals surface area contributed by atoms with E-state index in [0.29, 0.717) is 20.2 Å². The van der Waals surface area contributed by atoms with Crippen LogP contribution in [-0.4, -0.2) is 29.4 Å². The summed E-state index contributed by atoms with van der Waals surface area (Å²) in [5.41, 5.74) is 0. The van der Waals surface area contributed by atoms with Crippen LogP contribution in [0.4, 0.5) is 0 Å². The van der Waals surface area contributed by atoms with E-state index in [4.69, 9.17) is 0 Å². The molecule has 0 spiro atoms. The second-order valence-electron chi connectivity index (χ2n) is 16.1. The van der Waals surface area contributed by atoms with Crippen LogP contribution in [-0.2, 0) is 0 Å². The molecular formula is C30H62Si4. The Bertz CT molecular complexity index is 745. The second-order valence-corrected chi connectivity index (χ2v) is 50.0. The Kier molecular flexibility index (Phi) is 7.58. The molecule has 2 rings (SSSR count). The molecule has 0 atom stereocenters. The minimum absolute atomic E-state index is 0.417. The first kappa shape index (κ1) is 30.6. The first-order chi connectivity index (χ1) is 15.0. The van der Waals surface area contributed by atoms with Gasteiger partial charge in [-0.05, 0) is 45.8 Å². The molecule has 34 heavy (non-hydrogen) atoms. The molecule has 0 N–H and O–H groups in total. The van der Waals surface area contributed by atoms with Gasteiger partial charge in [0.15, 0.2) is 0 Å². The molecule has 198 valence electrons. The van der Waals surface area contributed by atoms with E-state index in [9.17, 15) is 0 Å². The standard InChI is InChI=1S/C30H62Si4/c1-19-23-24(20-2)34(32(18,29(11,12)13)30(14,15)16)26(22-4)25(21-3)33(23,34)31(17,27(5,6)7)28(8,9)10/h19-22H2,1-18H3. The van der Waals surface area contributed by atoms with Crippen LogP contribution >= 0.6 is 0 Å². The van der Waals surface area contributed by atoms with Crippen LogP contribution in [0.5, 0.6) is 0 Å². The van der Waals surface area contributed by atoms with Gasteiger partial charge in [-0.2, -0.15) is 0 Å². The minimum atomic E-state index is -1.78. The Hall–Kier alpha value is 0.348. The average molecular weight is 535 g/mol. The fraction of sp³-hybridized carbons (Fsp3) is 0.867. The van der Waals surface area contributed by atoms with Crippen molar-refractivity contribution in [2.24, 2.45) is 0 Å². The molecule has 0 unspecified atom stereocenters. The van der Waals surface area contributed by atoms with Crippen LogP contribution in [0.2, 0.25) is 33.2 Å². The van der Waals surface area contributed by atoms with Gasteiger partial charge in [-0.1, -0.05) is 145 Å². The van der Waals surface area contributed by atoms with E-state index in [1.54, 1.807) is 0 Å². The third-order valence-corrected chi connectivity index (χ3v) is 81.5. The number of rotatable bonds is 6. The van der Waals surface area contributed by atoms with Crippen LogP contribution in [0, 0.1) is 0 Å². The van der Waals surface area contributed by atoms with Crippen molar-refractivity contribution >= 4 is 29.4 Å². The Morgan fingerprint density at radius 2 is 0.559 bits per heavy atom. The smallest absolute Gasteiger partial charge is 0.0852 e. The topological polar surface area (TPSA) is 0 Å². The van der Waals surface area contributed by atoms with Crippen molar-refractivity contribution in [1.82, 2.24) is 0 Å². The summed E-state index contributed by atoms with van der Waals surface area (Å²) in [6.45, 7) is 48.2. The normalized spacial score (nSPS) is 27.0. The van der Waals surface area contributed by atoms with Crippen LogP contribution in [0.3, 0.4) is 0 Å². The van der Waals surface area contributed by atoms with Gasteiger partial charge in [0.25, 0.3) is 0 Å². The Balaban J connectivity index is 3.38. The molecule has 0 bridgehead atoms. The number of allylic oxidation sites excluding steroid dienone is 4. The SMILES string of the molecule is CCC1=C(CC)[Si]2([Si](C)(C(C)(C)C)C(C)(C)C)C(CC)=C(CC)[Si]12[Si](C)(C(C)(C)C)C(C)(C)C. The largest absolute Gasteiger partial charge is 0.101 e. The molecule has 2 aliphatic rings. The Morgan fingerprint density at radius 3 is 0.647 bits per heavy atom. The summed E-state index contributed by atoms with van der Waals surface area (Å²) in [6, 6.07) is 0. The minimum Gasteiger partial charge on any atom is -0.0852 e. The molecule has 0 amide bonds. The highest BCUT2D eigenvalue weighted by Gasteiger charge is 2.89. The van der Waals surface area contributed by atoms with Crippen LogP contribution in [0.1, 0.15) is 136 Å². The van der Waals surface area contributed by atoms with Crippen LogP contribution < -0.4 is 0 Å². The molecule has 0 nitrogen and oxygen atoms in total. The van der Waals surface area contributed by atoms with Crippen molar-refractivity contribution in [2.45, 2.75) is 170 Å². The molecule has 2 heterocycles. The number of hydrogen-bond acceptors (Lipinski definition) is 0. The van der Waals surface area contributed by atoms with E-state index in [1.807, 2.05) is 0 Å². The number of fused-ring (bicyclic) bond motifs is 1. The lowest BCUT2D eigenvalue weighted by atomic mass is 10.2. The van der Waals surface area contributed by atoms with Gasteiger partial charge in [0.1, 0.15) is 14.2 Å². The first-order valence-electron chi connectivity index (χ1n) is 14.5. The number of hydrogen-bond donors (Lipinski definition) is 0. The fourth-order valence-electron chi connectivity index (χ4n) is 10.4. The van der Waals surface area contributed by atoms with Crippen LogP contribution in [0.15, 0.2) is 20.8 Å². The van der Waals surface area contributed by atoms with Gasteiger partial charge >= 0.3 is 0 Å². The molecule has 0 radical (unpaired) electrons. The van der Waals surface area contributed by atoms with Crippen molar-refractivity contribution in [3.05, 3.63) is 20.8 Å². The maximum absolute atomic E-state index is 2.95. The Labute approximate surface area is 219 Å². The monoisotopic (exact) mass is 534 g/mol. The highest BCUT2D eigenvalue weighted by Crippen LogP contribution is 2.78. The van der Waals surface area contributed by atoms with Gasteiger partial charge in [-0.3, -0.25) is 0 Å². The van der Waals surface area contributed by atoms with Crippen LogP contribution in [0.25, 0.3) is 0 Å². The highest BCUT2D eigenvalue weighted by molar-refractivity contribution is 7.96. The van der Waals surface area contributed by atoms with E-state index < -0.39 is 29.4 Å².